The number of hydrogen-bond acceptors (Lipinski definition) is 2. The lowest BCUT2D eigenvalue weighted by molar-refractivity contribution is -0.147. The Morgan fingerprint density at radius 3 is 2.62 bits per heavy atom. The van der Waals surface area contributed by atoms with E-state index in [0.29, 0.717) is 13.0 Å². The van der Waals surface area contributed by atoms with Crippen LogP contribution in [-0.2, 0) is 9.59 Å². The molecule has 112 valence electrons. The van der Waals surface area contributed by atoms with Gasteiger partial charge >= 0.3 is 5.97 Å². The fourth-order valence-corrected chi connectivity index (χ4v) is 2.35. The van der Waals surface area contributed by atoms with Crippen molar-refractivity contribution < 1.29 is 19.1 Å². The first-order valence-corrected chi connectivity index (χ1v) is 6.84. The van der Waals surface area contributed by atoms with Crippen LogP contribution in [0.15, 0.2) is 30.3 Å². The van der Waals surface area contributed by atoms with Gasteiger partial charge in [0.25, 0.3) is 0 Å². The number of carboxylic acids is 1. The van der Waals surface area contributed by atoms with Crippen molar-refractivity contribution in [2.75, 3.05) is 13.1 Å². The van der Waals surface area contributed by atoms with Crippen molar-refractivity contribution in [3.05, 3.63) is 41.7 Å². The summed E-state index contributed by atoms with van der Waals surface area (Å²) in [5.74, 6) is -1.24. The van der Waals surface area contributed by atoms with Crippen LogP contribution >= 0.6 is 0 Å². The number of hydrogen-bond donors (Lipinski definition) is 1. The lowest BCUT2D eigenvalue weighted by atomic mass is 9.90. The monoisotopic (exact) mass is 291 g/mol. The van der Waals surface area contributed by atoms with E-state index in [1.165, 1.54) is 12.1 Å². The van der Waals surface area contributed by atoms with E-state index in [-0.39, 0.29) is 24.7 Å². The van der Waals surface area contributed by atoms with Crippen LogP contribution in [0.25, 0.3) is 6.08 Å². The predicted octanol–water partition coefficient (Wildman–Crippen LogP) is 2.55. The molecule has 1 saturated heterocycles. The zero-order chi connectivity index (χ0) is 15.5. The van der Waals surface area contributed by atoms with E-state index in [2.05, 4.69) is 0 Å². The first-order chi connectivity index (χ1) is 9.90. The molecule has 1 unspecified atom stereocenters. The van der Waals surface area contributed by atoms with Crippen LogP contribution in [0.1, 0.15) is 25.3 Å². The molecule has 1 aliphatic rings. The van der Waals surface area contributed by atoms with Crippen molar-refractivity contribution >= 4 is 18.0 Å². The van der Waals surface area contributed by atoms with Gasteiger partial charge in [0.1, 0.15) is 5.82 Å². The predicted molar refractivity (Wildman–Crippen MR) is 77.0 cm³/mol. The quantitative estimate of drug-likeness (QED) is 0.927. The van der Waals surface area contributed by atoms with E-state index < -0.39 is 11.4 Å². The molecule has 2 rings (SSSR count). The van der Waals surface area contributed by atoms with Crippen molar-refractivity contribution in [2.45, 2.75) is 19.8 Å². The molecule has 1 N–H and O–H groups in total. The fourth-order valence-electron chi connectivity index (χ4n) is 2.35. The Hall–Kier alpha value is -2.17. The van der Waals surface area contributed by atoms with Crippen molar-refractivity contribution in [1.29, 1.82) is 0 Å². The second-order valence-electron chi connectivity index (χ2n) is 5.59. The maximum absolute atomic E-state index is 12.7. The van der Waals surface area contributed by atoms with Gasteiger partial charge in [-0.3, -0.25) is 9.59 Å². The Bertz CT molecular complexity index is 567. The van der Waals surface area contributed by atoms with Gasteiger partial charge in [-0.1, -0.05) is 24.3 Å². The third-order valence-corrected chi connectivity index (χ3v) is 3.82. The topological polar surface area (TPSA) is 57.6 Å². The number of likely N-dealkylation sites (tertiary alicyclic amines) is 1. The number of carboxylic acid groups (broad SMARTS) is 1. The SMILES string of the molecule is CC1(C(=O)O)CCN(C(=O)C/C=C/c2ccc(F)cc2)C1. The van der Waals surface area contributed by atoms with Crippen molar-refractivity contribution in [1.82, 2.24) is 4.90 Å². The minimum atomic E-state index is -0.861. The molecular formula is C16H18FNO3. The minimum absolute atomic E-state index is 0.0849. The summed E-state index contributed by atoms with van der Waals surface area (Å²) in [4.78, 5) is 24.7. The zero-order valence-electron chi connectivity index (χ0n) is 11.9. The smallest absolute Gasteiger partial charge is 0.311 e. The van der Waals surface area contributed by atoms with Gasteiger partial charge in [0.15, 0.2) is 0 Å². The van der Waals surface area contributed by atoms with Crippen molar-refractivity contribution in [3.63, 3.8) is 0 Å². The summed E-state index contributed by atoms with van der Waals surface area (Å²) in [6.07, 6.45) is 4.17. The molecule has 1 fully saturated rings. The largest absolute Gasteiger partial charge is 0.481 e. The molecule has 1 aromatic rings. The second kappa shape index (κ2) is 6.08. The number of carbonyl (C=O) groups excluding carboxylic acids is 1. The third-order valence-electron chi connectivity index (χ3n) is 3.82. The molecule has 1 amide bonds. The van der Waals surface area contributed by atoms with Gasteiger partial charge in [-0.15, -0.1) is 0 Å². The Labute approximate surface area is 122 Å². The van der Waals surface area contributed by atoms with E-state index in [9.17, 15) is 14.0 Å². The molecule has 4 nitrogen and oxygen atoms in total. The summed E-state index contributed by atoms with van der Waals surface area (Å²) in [6, 6.07) is 5.99. The third kappa shape index (κ3) is 3.68. The Morgan fingerprint density at radius 2 is 2.05 bits per heavy atom. The summed E-state index contributed by atoms with van der Waals surface area (Å²) in [7, 11) is 0. The highest BCUT2D eigenvalue weighted by Crippen LogP contribution is 2.30. The van der Waals surface area contributed by atoms with Crippen LogP contribution in [0.4, 0.5) is 4.39 Å². The second-order valence-corrected chi connectivity index (χ2v) is 5.59. The van der Waals surface area contributed by atoms with Gasteiger partial charge in [0.2, 0.25) is 5.91 Å². The molecule has 0 radical (unpaired) electrons. The lowest BCUT2D eigenvalue weighted by Gasteiger charge is -2.19. The zero-order valence-corrected chi connectivity index (χ0v) is 11.9. The first-order valence-electron chi connectivity index (χ1n) is 6.84. The molecule has 0 aromatic heterocycles. The number of benzene rings is 1. The molecule has 0 spiro atoms. The average Bonchev–Trinajstić information content (AvgIpc) is 2.85. The summed E-state index contributed by atoms with van der Waals surface area (Å²) >= 11 is 0. The van der Waals surface area contributed by atoms with Crippen LogP contribution < -0.4 is 0 Å². The lowest BCUT2D eigenvalue weighted by Crippen LogP contribution is -2.34. The molecule has 0 bridgehead atoms. The fraction of sp³-hybridized carbons (Fsp3) is 0.375. The van der Waals surface area contributed by atoms with Crippen LogP contribution in [-0.4, -0.2) is 35.0 Å². The maximum atomic E-state index is 12.7. The van der Waals surface area contributed by atoms with Gasteiger partial charge in [-0.05, 0) is 31.0 Å². The van der Waals surface area contributed by atoms with E-state index >= 15 is 0 Å². The number of nitrogens with zero attached hydrogens (tertiary/aromatic N) is 1. The van der Waals surface area contributed by atoms with Crippen molar-refractivity contribution in [3.8, 4) is 0 Å². The summed E-state index contributed by atoms with van der Waals surface area (Å²) in [5.41, 5.74) is -0.0166. The van der Waals surface area contributed by atoms with E-state index in [1.807, 2.05) is 0 Å². The molecule has 1 aromatic carbocycles. The van der Waals surface area contributed by atoms with Crippen molar-refractivity contribution in [2.24, 2.45) is 5.41 Å². The van der Waals surface area contributed by atoms with E-state index in [1.54, 1.807) is 36.1 Å². The van der Waals surface area contributed by atoms with Crippen LogP contribution in [0.5, 0.6) is 0 Å². The van der Waals surface area contributed by atoms with Gasteiger partial charge in [-0.25, -0.2) is 4.39 Å². The Kier molecular flexibility index (Phi) is 4.40. The number of rotatable bonds is 4. The number of aliphatic carboxylic acids is 1. The molecule has 21 heavy (non-hydrogen) atoms. The highest BCUT2D eigenvalue weighted by atomic mass is 19.1. The van der Waals surface area contributed by atoms with Crippen LogP contribution in [0, 0.1) is 11.2 Å². The standard InChI is InChI=1S/C16H18FNO3/c1-16(15(20)21)9-10-18(11-16)14(19)4-2-3-12-5-7-13(17)8-6-12/h2-3,5-8H,4,9-11H2,1H3,(H,20,21)/b3-2+. The molecular weight excluding hydrogens is 273 g/mol. The molecule has 0 aliphatic carbocycles. The molecule has 5 heteroatoms. The highest BCUT2D eigenvalue weighted by molar-refractivity contribution is 5.81. The molecule has 0 saturated carbocycles. The van der Waals surface area contributed by atoms with E-state index in [0.717, 1.165) is 5.56 Å². The Morgan fingerprint density at radius 1 is 1.38 bits per heavy atom. The summed E-state index contributed by atoms with van der Waals surface area (Å²) < 4.78 is 12.7. The number of halogens is 1. The van der Waals surface area contributed by atoms with E-state index in [4.69, 9.17) is 5.11 Å². The molecule has 1 heterocycles. The molecule has 1 atom stereocenters. The van der Waals surface area contributed by atoms with Gasteiger partial charge in [0.05, 0.1) is 5.41 Å². The number of amides is 1. The molecule has 1 aliphatic heterocycles. The van der Waals surface area contributed by atoms with Crippen LogP contribution in [0.3, 0.4) is 0 Å². The van der Waals surface area contributed by atoms with Gasteiger partial charge in [-0.2, -0.15) is 0 Å². The minimum Gasteiger partial charge on any atom is -0.481 e. The normalized spacial score (nSPS) is 21.9. The summed E-state index contributed by atoms with van der Waals surface area (Å²) in [5, 5.41) is 9.14. The van der Waals surface area contributed by atoms with Gasteiger partial charge in [0, 0.05) is 19.5 Å². The van der Waals surface area contributed by atoms with Crippen LogP contribution in [0.2, 0.25) is 0 Å². The van der Waals surface area contributed by atoms with Gasteiger partial charge < -0.3 is 10.0 Å². The Balaban J connectivity index is 1.88. The maximum Gasteiger partial charge on any atom is 0.311 e. The highest BCUT2D eigenvalue weighted by Gasteiger charge is 2.41. The first kappa shape index (κ1) is 15.2. The summed E-state index contributed by atoms with van der Waals surface area (Å²) in [6.45, 7) is 2.40. The average molecular weight is 291 g/mol. The number of carbonyl (C=O) groups is 2.